The van der Waals surface area contributed by atoms with E-state index in [1.807, 2.05) is 43.3 Å². The summed E-state index contributed by atoms with van der Waals surface area (Å²) in [6.07, 6.45) is 4.82. The van der Waals surface area contributed by atoms with Crippen LogP contribution in [0.1, 0.15) is 43.7 Å². The Kier molecular flexibility index (Phi) is 5.23. The first-order chi connectivity index (χ1) is 13.6. The minimum atomic E-state index is -0.399. The lowest BCUT2D eigenvalue weighted by molar-refractivity contribution is 0.135. The number of fused-ring (bicyclic) bond motifs is 1. The first-order valence-electron chi connectivity index (χ1n) is 10.2. The summed E-state index contributed by atoms with van der Waals surface area (Å²) in [6.45, 7) is 5.84. The number of likely N-dealkylation sites (tertiary alicyclic amines) is 1. The van der Waals surface area contributed by atoms with Crippen LogP contribution in [0.5, 0.6) is 5.75 Å². The van der Waals surface area contributed by atoms with E-state index in [9.17, 15) is 9.90 Å². The molecule has 4 heteroatoms. The fourth-order valence-electron chi connectivity index (χ4n) is 4.44. The molecular formula is C24H27NO3. The number of benzene rings is 2. The summed E-state index contributed by atoms with van der Waals surface area (Å²) < 4.78 is 5.49. The van der Waals surface area contributed by atoms with E-state index in [1.165, 1.54) is 19.3 Å². The molecule has 0 amide bonds. The van der Waals surface area contributed by atoms with E-state index >= 15 is 0 Å². The lowest BCUT2D eigenvalue weighted by Crippen LogP contribution is -2.38. The van der Waals surface area contributed by atoms with Crippen molar-refractivity contribution in [3.8, 4) is 16.9 Å². The molecule has 4 rings (SSSR count). The molecule has 28 heavy (non-hydrogen) atoms. The second-order valence-electron chi connectivity index (χ2n) is 7.76. The van der Waals surface area contributed by atoms with E-state index in [1.54, 1.807) is 6.07 Å². The molecule has 2 aromatic carbocycles. The molecule has 0 radical (unpaired) electrons. The lowest BCUT2D eigenvalue weighted by atomic mass is 9.95. The van der Waals surface area contributed by atoms with E-state index < -0.39 is 5.63 Å². The van der Waals surface area contributed by atoms with Crippen LogP contribution < -0.4 is 5.63 Å². The van der Waals surface area contributed by atoms with Crippen molar-refractivity contribution in [1.82, 2.24) is 4.90 Å². The molecule has 4 nitrogen and oxygen atoms in total. The number of phenolic OH excluding ortho intramolecular Hbond substituents is 1. The molecule has 1 saturated heterocycles. The average Bonchev–Trinajstić information content (AvgIpc) is 2.73. The van der Waals surface area contributed by atoms with Crippen LogP contribution in [0, 0.1) is 6.92 Å². The van der Waals surface area contributed by atoms with Crippen LogP contribution >= 0.6 is 0 Å². The summed E-state index contributed by atoms with van der Waals surface area (Å²) in [4.78, 5) is 14.6. The number of piperidine rings is 1. The Balaban J connectivity index is 1.86. The second-order valence-corrected chi connectivity index (χ2v) is 7.76. The standard InChI is InChI=1S/C24H27NO3/c1-3-19-11-7-8-12-25(19)15-18-13-21-20(17-9-5-4-6-10-17)14-22(26)28-24(21)16(2)23(18)27/h4-6,9-10,13-14,19,27H,3,7-8,11-12,15H2,1-2H3. The third-order valence-corrected chi connectivity index (χ3v) is 6.00. The van der Waals surface area contributed by atoms with Crippen molar-refractivity contribution >= 4 is 11.0 Å². The van der Waals surface area contributed by atoms with Crippen molar-refractivity contribution in [3.63, 3.8) is 0 Å². The zero-order valence-electron chi connectivity index (χ0n) is 16.6. The number of phenols is 1. The molecule has 2 heterocycles. The Morgan fingerprint density at radius 2 is 1.96 bits per heavy atom. The van der Waals surface area contributed by atoms with Crippen LogP contribution in [-0.4, -0.2) is 22.6 Å². The van der Waals surface area contributed by atoms with Gasteiger partial charge in [0.2, 0.25) is 0 Å². The van der Waals surface area contributed by atoms with E-state index in [2.05, 4.69) is 11.8 Å². The van der Waals surface area contributed by atoms with Crippen LogP contribution in [0.15, 0.2) is 51.7 Å². The highest BCUT2D eigenvalue weighted by atomic mass is 16.4. The van der Waals surface area contributed by atoms with Crippen LogP contribution in [0.25, 0.3) is 22.1 Å². The van der Waals surface area contributed by atoms with Gasteiger partial charge in [0, 0.05) is 35.2 Å². The van der Waals surface area contributed by atoms with Gasteiger partial charge in [0.1, 0.15) is 11.3 Å². The van der Waals surface area contributed by atoms with E-state index in [-0.39, 0.29) is 5.75 Å². The molecule has 0 bridgehead atoms. The van der Waals surface area contributed by atoms with Crippen LogP contribution in [-0.2, 0) is 6.54 Å². The molecule has 146 valence electrons. The first-order valence-corrected chi connectivity index (χ1v) is 10.2. The fraction of sp³-hybridized carbons (Fsp3) is 0.375. The molecule has 0 spiro atoms. The molecule has 1 atom stereocenters. The highest BCUT2D eigenvalue weighted by Gasteiger charge is 2.23. The van der Waals surface area contributed by atoms with Gasteiger partial charge in [-0.25, -0.2) is 4.79 Å². The number of rotatable bonds is 4. The quantitative estimate of drug-likeness (QED) is 0.632. The minimum absolute atomic E-state index is 0.237. The Morgan fingerprint density at radius 1 is 1.18 bits per heavy atom. The molecule has 1 unspecified atom stereocenters. The molecule has 1 fully saturated rings. The van der Waals surface area contributed by atoms with Crippen LogP contribution in [0.4, 0.5) is 0 Å². The van der Waals surface area contributed by atoms with Crippen molar-refractivity contribution in [1.29, 1.82) is 0 Å². The summed E-state index contributed by atoms with van der Waals surface area (Å²) in [5.41, 5.74) is 3.42. The smallest absolute Gasteiger partial charge is 0.336 e. The third kappa shape index (κ3) is 3.45. The predicted octanol–water partition coefficient (Wildman–Crippen LogP) is 5.24. The maximum atomic E-state index is 12.2. The maximum Gasteiger partial charge on any atom is 0.336 e. The van der Waals surface area contributed by atoms with Crippen molar-refractivity contribution in [2.24, 2.45) is 0 Å². The molecule has 1 aromatic heterocycles. The normalized spacial score (nSPS) is 17.9. The van der Waals surface area contributed by atoms with E-state index in [0.717, 1.165) is 35.0 Å². The second kappa shape index (κ2) is 7.80. The van der Waals surface area contributed by atoms with Crippen LogP contribution in [0.2, 0.25) is 0 Å². The summed E-state index contributed by atoms with van der Waals surface area (Å²) in [5.74, 6) is 0.237. The van der Waals surface area contributed by atoms with Gasteiger partial charge in [-0.05, 0) is 49.9 Å². The summed E-state index contributed by atoms with van der Waals surface area (Å²) >= 11 is 0. The highest BCUT2D eigenvalue weighted by Crippen LogP contribution is 2.36. The molecule has 1 aliphatic rings. The predicted molar refractivity (Wildman–Crippen MR) is 113 cm³/mol. The first kappa shape index (κ1) is 18.8. The molecule has 1 aliphatic heterocycles. The SMILES string of the molecule is CCC1CCCCN1Cc1cc2c(-c3ccccc3)cc(=O)oc2c(C)c1O. The molecule has 0 aliphatic carbocycles. The van der Waals surface area contributed by atoms with Crippen molar-refractivity contribution < 1.29 is 9.52 Å². The van der Waals surface area contributed by atoms with Gasteiger partial charge in [-0.3, -0.25) is 4.90 Å². The minimum Gasteiger partial charge on any atom is -0.507 e. The van der Waals surface area contributed by atoms with Gasteiger partial charge < -0.3 is 9.52 Å². The Labute approximate surface area is 165 Å². The van der Waals surface area contributed by atoms with Gasteiger partial charge in [-0.15, -0.1) is 0 Å². The topological polar surface area (TPSA) is 53.7 Å². The number of aryl methyl sites for hydroxylation is 1. The van der Waals surface area contributed by atoms with Gasteiger partial charge in [-0.1, -0.05) is 43.7 Å². The Bertz CT molecular complexity index is 1040. The van der Waals surface area contributed by atoms with Gasteiger partial charge in [0.25, 0.3) is 0 Å². The van der Waals surface area contributed by atoms with E-state index in [0.29, 0.717) is 23.7 Å². The molecule has 3 aromatic rings. The van der Waals surface area contributed by atoms with Gasteiger partial charge >= 0.3 is 5.63 Å². The van der Waals surface area contributed by atoms with Crippen molar-refractivity contribution in [3.05, 3.63) is 64.0 Å². The highest BCUT2D eigenvalue weighted by molar-refractivity contribution is 5.96. The lowest BCUT2D eigenvalue weighted by Gasteiger charge is -2.35. The molecule has 0 saturated carbocycles. The third-order valence-electron chi connectivity index (χ3n) is 6.00. The van der Waals surface area contributed by atoms with E-state index in [4.69, 9.17) is 4.42 Å². The fourth-order valence-corrected chi connectivity index (χ4v) is 4.44. The summed E-state index contributed by atoms with van der Waals surface area (Å²) in [5, 5.41) is 11.7. The van der Waals surface area contributed by atoms with Gasteiger partial charge in [0.05, 0.1) is 0 Å². The number of nitrogens with zero attached hydrogens (tertiary/aromatic N) is 1. The van der Waals surface area contributed by atoms with Crippen molar-refractivity contribution in [2.75, 3.05) is 6.54 Å². The van der Waals surface area contributed by atoms with Gasteiger partial charge in [-0.2, -0.15) is 0 Å². The number of hydrogen-bond acceptors (Lipinski definition) is 4. The zero-order chi connectivity index (χ0) is 19.7. The van der Waals surface area contributed by atoms with Gasteiger partial charge in [0.15, 0.2) is 0 Å². The average molecular weight is 377 g/mol. The summed E-state index contributed by atoms with van der Waals surface area (Å²) in [7, 11) is 0. The Hall–Kier alpha value is -2.59. The summed E-state index contributed by atoms with van der Waals surface area (Å²) in [6, 6.07) is 14.0. The monoisotopic (exact) mass is 377 g/mol. The van der Waals surface area contributed by atoms with Crippen LogP contribution in [0.3, 0.4) is 0 Å². The molecule has 1 N–H and O–H groups in total. The molecular weight excluding hydrogens is 350 g/mol. The Morgan fingerprint density at radius 3 is 2.71 bits per heavy atom. The zero-order valence-corrected chi connectivity index (χ0v) is 16.6. The number of aromatic hydroxyl groups is 1. The largest absolute Gasteiger partial charge is 0.507 e. The van der Waals surface area contributed by atoms with Crippen molar-refractivity contribution in [2.45, 2.75) is 52.1 Å². The maximum absolute atomic E-state index is 12.2. The number of hydrogen-bond donors (Lipinski definition) is 1.